The number of alkyl halides is 3. The predicted octanol–water partition coefficient (Wildman–Crippen LogP) is 1.60. The van der Waals surface area contributed by atoms with Crippen molar-refractivity contribution in [1.29, 1.82) is 0 Å². The van der Waals surface area contributed by atoms with E-state index in [-0.39, 0.29) is 6.54 Å². The summed E-state index contributed by atoms with van der Waals surface area (Å²) >= 11 is 0. The molecule has 1 aliphatic rings. The number of H-pyrrole nitrogens is 1. The van der Waals surface area contributed by atoms with Crippen molar-refractivity contribution in [2.45, 2.75) is 18.8 Å². The van der Waals surface area contributed by atoms with Crippen molar-refractivity contribution >= 4 is 11.0 Å². The molecule has 0 unspecified atom stereocenters. The number of para-hydroxylation sites is 2. The molecule has 1 aromatic carbocycles. The summed E-state index contributed by atoms with van der Waals surface area (Å²) in [6, 6.07) is 7.76. The van der Waals surface area contributed by atoms with Gasteiger partial charge in [0, 0.05) is 32.7 Å². The molecule has 0 amide bonds. The van der Waals surface area contributed by atoms with Crippen LogP contribution in [0.4, 0.5) is 13.2 Å². The minimum atomic E-state index is -4.55. The Bertz CT molecular complexity index is 616. The van der Waals surface area contributed by atoms with Crippen molar-refractivity contribution in [3.05, 3.63) is 30.1 Å². The smallest absolute Gasteiger partial charge is 0.382 e. The van der Waals surface area contributed by atoms with Crippen LogP contribution in [-0.4, -0.2) is 69.9 Å². The van der Waals surface area contributed by atoms with Gasteiger partial charge < -0.3 is 10.1 Å². The molecule has 5 nitrogen and oxygen atoms in total. The van der Waals surface area contributed by atoms with Crippen LogP contribution in [0.25, 0.3) is 11.0 Å². The number of aromatic nitrogens is 2. The van der Waals surface area contributed by atoms with Crippen LogP contribution in [0.2, 0.25) is 0 Å². The second kappa shape index (κ2) is 6.46. The topological polar surface area (TPSA) is 55.4 Å². The van der Waals surface area contributed by atoms with Gasteiger partial charge >= 0.3 is 6.18 Å². The molecule has 1 fully saturated rings. The molecule has 1 saturated heterocycles. The molecular formula is C15H19F3N4O. The first-order chi connectivity index (χ1) is 10.9. The van der Waals surface area contributed by atoms with E-state index in [9.17, 15) is 13.2 Å². The third-order valence-corrected chi connectivity index (χ3v) is 4.09. The van der Waals surface area contributed by atoms with Gasteiger partial charge in [-0.25, -0.2) is 4.98 Å². The average molecular weight is 328 g/mol. The standard InChI is InChI=1S/C15H19F3N4O/c16-15(17,18)13(23)9-21-5-7-22(8-6-21)10-14-19-11-3-1-2-4-12(11)20-14/h1-4,13,23H,5-10H2,(H,19,20)/t13-/m1/s1. The van der Waals surface area contributed by atoms with Gasteiger partial charge in [-0.15, -0.1) is 0 Å². The zero-order valence-electron chi connectivity index (χ0n) is 12.6. The number of imidazole rings is 1. The Balaban J connectivity index is 1.51. The number of rotatable bonds is 4. The van der Waals surface area contributed by atoms with Gasteiger partial charge in [0.15, 0.2) is 6.10 Å². The van der Waals surface area contributed by atoms with E-state index in [1.54, 1.807) is 4.90 Å². The number of aliphatic hydroxyl groups excluding tert-OH is 1. The average Bonchev–Trinajstić information content (AvgIpc) is 2.90. The number of piperazine rings is 1. The number of nitrogens with zero attached hydrogens (tertiary/aromatic N) is 3. The molecule has 0 spiro atoms. The van der Waals surface area contributed by atoms with E-state index in [1.165, 1.54) is 0 Å². The van der Waals surface area contributed by atoms with Crippen LogP contribution in [0.1, 0.15) is 5.82 Å². The summed E-state index contributed by atoms with van der Waals surface area (Å²) in [5, 5.41) is 9.12. The third kappa shape index (κ3) is 4.01. The lowest BCUT2D eigenvalue weighted by Gasteiger charge is -2.35. The van der Waals surface area contributed by atoms with Gasteiger partial charge in [-0.05, 0) is 12.1 Å². The Labute approximate surface area is 131 Å². The minimum absolute atomic E-state index is 0.359. The van der Waals surface area contributed by atoms with Gasteiger partial charge in [-0.3, -0.25) is 9.80 Å². The summed E-state index contributed by atoms with van der Waals surface area (Å²) in [6.45, 7) is 2.61. The number of hydrogen-bond donors (Lipinski definition) is 2. The van der Waals surface area contributed by atoms with E-state index >= 15 is 0 Å². The molecule has 3 rings (SSSR count). The molecule has 1 atom stereocenters. The highest BCUT2D eigenvalue weighted by Crippen LogP contribution is 2.21. The maximum atomic E-state index is 12.4. The van der Waals surface area contributed by atoms with Crippen molar-refractivity contribution in [2.75, 3.05) is 32.7 Å². The van der Waals surface area contributed by atoms with Gasteiger partial charge in [-0.1, -0.05) is 12.1 Å². The number of hydrogen-bond acceptors (Lipinski definition) is 4. The lowest BCUT2D eigenvalue weighted by molar-refractivity contribution is -0.209. The summed E-state index contributed by atoms with van der Waals surface area (Å²) in [7, 11) is 0. The van der Waals surface area contributed by atoms with Gasteiger partial charge in [-0.2, -0.15) is 13.2 Å². The summed E-state index contributed by atoms with van der Waals surface area (Å²) in [4.78, 5) is 11.6. The van der Waals surface area contributed by atoms with Gasteiger partial charge in [0.2, 0.25) is 0 Å². The van der Waals surface area contributed by atoms with E-state index in [2.05, 4.69) is 14.9 Å². The second-order valence-corrected chi connectivity index (χ2v) is 5.83. The molecule has 2 N–H and O–H groups in total. The molecule has 2 heterocycles. The van der Waals surface area contributed by atoms with Crippen molar-refractivity contribution in [2.24, 2.45) is 0 Å². The molecule has 1 aliphatic heterocycles. The highest BCUT2D eigenvalue weighted by atomic mass is 19.4. The molecule has 0 radical (unpaired) electrons. The van der Waals surface area contributed by atoms with E-state index in [0.717, 1.165) is 16.9 Å². The number of β-amino-alcohol motifs (C(OH)–C–C–N with tert-alkyl or cyclic N) is 1. The van der Waals surface area contributed by atoms with Crippen molar-refractivity contribution in [1.82, 2.24) is 19.8 Å². The number of aromatic amines is 1. The van der Waals surface area contributed by atoms with E-state index < -0.39 is 12.3 Å². The highest BCUT2D eigenvalue weighted by molar-refractivity contribution is 5.74. The SMILES string of the molecule is O[C@H](CN1CCN(Cc2nc3ccccc3[nH]2)CC1)C(F)(F)F. The lowest BCUT2D eigenvalue weighted by atomic mass is 10.2. The van der Waals surface area contributed by atoms with Crippen LogP contribution in [-0.2, 0) is 6.54 Å². The van der Waals surface area contributed by atoms with Crippen LogP contribution in [0.3, 0.4) is 0 Å². The molecule has 8 heteroatoms. The Morgan fingerprint density at radius 3 is 2.43 bits per heavy atom. The van der Waals surface area contributed by atoms with Crippen molar-refractivity contribution < 1.29 is 18.3 Å². The summed E-state index contributed by atoms with van der Waals surface area (Å²) < 4.78 is 37.1. The number of aliphatic hydroxyl groups is 1. The van der Waals surface area contributed by atoms with E-state index in [4.69, 9.17) is 5.11 Å². The molecule has 1 aromatic heterocycles. The predicted molar refractivity (Wildman–Crippen MR) is 79.9 cm³/mol. The Kier molecular flexibility index (Phi) is 4.56. The zero-order chi connectivity index (χ0) is 16.4. The first-order valence-corrected chi connectivity index (χ1v) is 7.55. The fourth-order valence-corrected chi connectivity index (χ4v) is 2.77. The maximum Gasteiger partial charge on any atom is 0.415 e. The number of nitrogens with one attached hydrogen (secondary N) is 1. The summed E-state index contributed by atoms with van der Waals surface area (Å²) in [5.74, 6) is 0.856. The molecule has 23 heavy (non-hydrogen) atoms. The molecule has 0 aliphatic carbocycles. The van der Waals surface area contributed by atoms with Crippen LogP contribution < -0.4 is 0 Å². The fourth-order valence-electron chi connectivity index (χ4n) is 2.77. The zero-order valence-corrected chi connectivity index (χ0v) is 12.6. The quantitative estimate of drug-likeness (QED) is 0.895. The van der Waals surface area contributed by atoms with Gasteiger partial charge in [0.05, 0.1) is 17.6 Å². The van der Waals surface area contributed by atoms with E-state index in [0.29, 0.717) is 32.7 Å². The highest BCUT2D eigenvalue weighted by Gasteiger charge is 2.39. The first kappa shape index (κ1) is 16.2. The van der Waals surface area contributed by atoms with Crippen LogP contribution in [0, 0.1) is 0 Å². The number of fused-ring (bicyclic) bond motifs is 1. The Morgan fingerprint density at radius 2 is 1.78 bits per heavy atom. The normalized spacial score (nSPS) is 19.3. The van der Waals surface area contributed by atoms with Crippen LogP contribution in [0.5, 0.6) is 0 Å². The number of halogens is 3. The molecule has 0 bridgehead atoms. The first-order valence-electron chi connectivity index (χ1n) is 7.55. The van der Waals surface area contributed by atoms with Crippen molar-refractivity contribution in [3.63, 3.8) is 0 Å². The minimum Gasteiger partial charge on any atom is -0.382 e. The molecule has 0 saturated carbocycles. The fraction of sp³-hybridized carbons (Fsp3) is 0.533. The van der Waals surface area contributed by atoms with Crippen LogP contribution >= 0.6 is 0 Å². The van der Waals surface area contributed by atoms with Gasteiger partial charge in [0.25, 0.3) is 0 Å². The molecule has 2 aromatic rings. The lowest BCUT2D eigenvalue weighted by Crippen LogP contribution is -2.50. The molecular weight excluding hydrogens is 309 g/mol. The Morgan fingerprint density at radius 1 is 1.13 bits per heavy atom. The second-order valence-electron chi connectivity index (χ2n) is 5.83. The monoisotopic (exact) mass is 328 g/mol. The maximum absolute atomic E-state index is 12.4. The Hall–Kier alpha value is -1.64. The van der Waals surface area contributed by atoms with Crippen LogP contribution in [0.15, 0.2) is 24.3 Å². The largest absolute Gasteiger partial charge is 0.415 e. The van der Waals surface area contributed by atoms with Crippen molar-refractivity contribution in [3.8, 4) is 0 Å². The summed E-state index contributed by atoms with van der Waals surface area (Å²) in [5.41, 5.74) is 1.89. The van der Waals surface area contributed by atoms with Gasteiger partial charge in [0.1, 0.15) is 5.82 Å². The number of benzene rings is 1. The van der Waals surface area contributed by atoms with E-state index in [1.807, 2.05) is 24.3 Å². The summed E-state index contributed by atoms with van der Waals surface area (Å²) in [6.07, 6.45) is -6.82. The molecule has 126 valence electrons. The third-order valence-electron chi connectivity index (χ3n) is 4.09.